The van der Waals surface area contributed by atoms with Crippen molar-refractivity contribution in [2.45, 2.75) is 26.2 Å². The molecule has 65 valence electrons. The summed E-state index contributed by atoms with van der Waals surface area (Å²) in [6, 6.07) is 8.04. The molecule has 0 spiro atoms. The third kappa shape index (κ3) is 3.27. The van der Waals surface area contributed by atoms with E-state index in [1.807, 2.05) is 12.1 Å². The number of hydrogen-bond donors (Lipinski definition) is 0. The number of rotatable bonds is 4. The van der Waals surface area contributed by atoms with Crippen molar-refractivity contribution in [1.82, 2.24) is 0 Å². The molecule has 0 heterocycles. The summed E-state index contributed by atoms with van der Waals surface area (Å²) >= 11 is 5.76. The van der Waals surface area contributed by atoms with Crippen LogP contribution < -0.4 is 0 Å². The van der Waals surface area contributed by atoms with Crippen LogP contribution in [-0.2, 0) is 6.42 Å². The number of halogens is 1. The Bertz CT molecular complexity index is 213. The lowest BCUT2D eigenvalue weighted by Gasteiger charge is -1.99. The molecule has 0 aliphatic carbocycles. The highest BCUT2D eigenvalue weighted by Gasteiger charge is 1.92. The number of hydrogen-bond acceptors (Lipinski definition) is 0. The molecule has 0 bridgehead atoms. The first kappa shape index (κ1) is 9.60. The normalized spacial score (nSPS) is 10.2. The van der Waals surface area contributed by atoms with Crippen LogP contribution in [0.1, 0.15) is 25.3 Å². The average Bonchev–Trinajstić information content (AvgIpc) is 2.09. The quantitative estimate of drug-likeness (QED) is 0.619. The molecule has 0 aromatic heterocycles. The summed E-state index contributed by atoms with van der Waals surface area (Å²) < 4.78 is 0. The van der Waals surface area contributed by atoms with Crippen LogP contribution in [0.25, 0.3) is 0 Å². The number of benzene rings is 1. The fourth-order valence-corrected chi connectivity index (χ4v) is 1.22. The Balaban J connectivity index is 2.37. The van der Waals surface area contributed by atoms with Gasteiger partial charge >= 0.3 is 0 Å². The zero-order valence-electron chi connectivity index (χ0n) is 7.39. The maximum absolute atomic E-state index is 5.76. The van der Waals surface area contributed by atoms with Crippen LogP contribution >= 0.6 is 11.6 Å². The summed E-state index contributed by atoms with van der Waals surface area (Å²) in [5.74, 6) is 0. The lowest BCUT2D eigenvalue weighted by molar-refractivity contribution is 0.864. The summed E-state index contributed by atoms with van der Waals surface area (Å²) in [5, 5.41) is 0.814. The molecule has 1 radical (unpaired) electrons. The van der Waals surface area contributed by atoms with Gasteiger partial charge in [0.25, 0.3) is 0 Å². The molecule has 0 aliphatic heterocycles. The number of unbranched alkanes of at least 4 members (excludes halogenated alkanes) is 2. The Morgan fingerprint density at radius 1 is 1.25 bits per heavy atom. The van der Waals surface area contributed by atoms with E-state index in [9.17, 15) is 0 Å². The summed E-state index contributed by atoms with van der Waals surface area (Å²) in [6.07, 6.45) is 5.80. The van der Waals surface area contributed by atoms with E-state index in [0.29, 0.717) is 0 Å². The second kappa shape index (κ2) is 5.21. The second-order valence-corrected chi connectivity index (χ2v) is 3.34. The molecule has 0 atom stereocenters. The van der Waals surface area contributed by atoms with Crippen molar-refractivity contribution in [2.24, 2.45) is 0 Å². The Labute approximate surface area is 79.6 Å². The molecule has 0 unspecified atom stereocenters. The van der Waals surface area contributed by atoms with Gasteiger partial charge in [0.2, 0.25) is 0 Å². The molecule has 0 saturated heterocycles. The van der Waals surface area contributed by atoms with Crippen molar-refractivity contribution in [3.05, 3.63) is 41.3 Å². The maximum Gasteiger partial charge on any atom is 0.0406 e. The van der Waals surface area contributed by atoms with Gasteiger partial charge in [-0.25, -0.2) is 0 Å². The lowest BCUT2D eigenvalue weighted by Crippen LogP contribution is -1.84. The van der Waals surface area contributed by atoms with Crippen molar-refractivity contribution in [3.63, 3.8) is 0 Å². The molecule has 1 aromatic rings. The molecule has 0 amide bonds. The third-order valence-electron chi connectivity index (χ3n) is 1.79. The average molecular weight is 182 g/mol. The predicted molar refractivity (Wildman–Crippen MR) is 54.4 cm³/mol. The lowest BCUT2D eigenvalue weighted by atomic mass is 10.1. The minimum atomic E-state index is 0.814. The van der Waals surface area contributed by atoms with Gasteiger partial charge in [-0.2, -0.15) is 0 Å². The molecule has 1 heteroatoms. The first-order valence-corrected chi connectivity index (χ1v) is 4.77. The standard InChI is InChI=1S/C11H14Cl/c1-2-3-4-5-10-6-8-11(12)9-7-10/h4,6-9H,2-3,5H2,1H3. The van der Waals surface area contributed by atoms with E-state index in [2.05, 4.69) is 25.5 Å². The summed E-state index contributed by atoms with van der Waals surface area (Å²) in [5.41, 5.74) is 1.34. The minimum absolute atomic E-state index is 0.814. The van der Waals surface area contributed by atoms with E-state index in [1.165, 1.54) is 18.4 Å². The molecule has 0 saturated carbocycles. The highest BCUT2D eigenvalue weighted by molar-refractivity contribution is 6.30. The van der Waals surface area contributed by atoms with Crippen LogP contribution in [0.5, 0.6) is 0 Å². The molecule has 1 aromatic carbocycles. The van der Waals surface area contributed by atoms with Gasteiger partial charge < -0.3 is 0 Å². The van der Waals surface area contributed by atoms with Crippen molar-refractivity contribution >= 4 is 11.6 Å². The van der Waals surface area contributed by atoms with E-state index in [-0.39, 0.29) is 0 Å². The van der Waals surface area contributed by atoms with Gasteiger partial charge in [-0.15, -0.1) is 0 Å². The van der Waals surface area contributed by atoms with Gasteiger partial charge in [-0.05, 0) is 30.5 Å². The van der Waals surface area contributed by atoms with Crippen LogP contribution in [0, 0.1) is 6.42 Å². The van der Waals surface area contributed by atoms with Crippen LogP contribution in [0.15, 0.2) is 24.3 Å². The largest absolute Gasteiger partial charge is 0.0843 e. The minimum Gasteiger partial charge on any atom is -0.0843 e. The topological polar surface area (TPSA) is 0 Å². The summed E-state index contributed by atoms with van der Waals surface area (Å²) in [6.45, 7) is 2.19. The summed E-state index contributed by atoms with van der Waals surface area (Å²) in [4.78, 5) is 0. The first-order chi connectivity index (χ1) is 5.83. The van der Waals surface area contributed by atoms with Crippen LogP contribution in [0.2, 0.25) is 5.02 Å². The van der Waals surface area contributed by atoms with Gasteiger partial charge in [0.05, 0.1) is 0 Å². The van der Waals surface area contributed by atoms with Crippen molar-refractivity contribution in [3.8, 4) is 0 Å². The fraction of sp³-hybridized carbons (Fsp3) is 0.364. The molecular formula is C11H14Cl. The zero-order valence-corrected chi connectivity index (χ0v) is 8.14. The predicted octanol–water partition coefficient (Wildman–Crippen LogP) is 3.89. The van der Waals surface area contributed by atoms with Crippen molar-refractivity contribution in [2.75, 3.05) is 0 Å². The van der Waals surface area contributed by atoms with Crippen LogP contribution in [0.4, 0.5) is 0 Å². The molecule has 12 heavy (non-hydrogen) atoms. The highest BCUT2D eigenvalue weighted by atomic mass is 35.5. The van der Waals surface area contributed by atoms with Gasteiger partial charge in [0.15, 0.2) is 0 Å². The monoisotopic (exact) mass is 181 g/mol. The SMILES string of the molecule is CCC[CH]Cc1ccc(Cl)cc1. The highest BCUT2D eigenvalue weighted by Crippen LogP contribution is 2.11. The van der Waals surface area contributed by atoms with E-state index >= 15 is 0 Å². The molecule has 0 aliphatic rings. The van der Waals surface area contributed by atoms with Gasteiger partial charge in [-0.1, -0.05) is 43.5 Å². The Kier molecular flexibility index (Phi) is 4.16. The molecule has 0 N–H and O–H groups in total. The molecule has 1 rings (SSSR count). The Morgan fingerprint density at radius 2 is 1.92 bits per heavy atom. The van der Waals surface area contributed by atoms with Crippen molar-refractivity contribution in [1.29, 1.82) is 0 Å². The molecular weight excluding hydrogens is 168 g/mol. The smallest absolute Gasteiger partial charge is 0.0406 e. The second-order valence-electron chi connectivity index (χ2n) is 2.91. The van der Waals surface area contributed by atoms with Gasteiger partial charge in [0, 0.05) is 5.02 Å². The first-order valence-electron chi connectivity index (χ1n) is 4.39. The molecule has 0 fully saturated rings. The van der Waals surface area contributed by atoms with E-state index in [0.717, 1.165) is 11.4 Å². The fourth-order valence-electron chi connectivity index (χ4n) is 1.09. The molecule has 0 nitrogen and oxygen atoms in total. The van der Waals surface area contributed by atoms with E-state index in [4.69, 9.17) is 11.6 Å². The zero-order chi connectivity index (χ0) is 8.81. The van der Waals surface area contributed by atoms with E-state index < -0.39 is 0 Å². The van der Waals surface area contributed by atoms with E-state index in [1.54, 1.807) is 0 Å². The third-order valence-corrected chi connectivity index (χ3v) is 2.04. The van der Waals surface area contributed by atoms with Crippen molar-refractivity contribution < 1.29 is 0 Å². The van der Waals surface area contributed by atoms with Crippen LogP contribution in [0.3, 0.4) is 0 Å². The van der Waals surface area contributed by atoms with Gasteiger partial charge in [0.1, 0.15) is 0 Å². The maximum atomic E-state index is 5.76. The van der Waals surface area contributed by atoms with Crippen LogP contribution in [-0.4, -0.2) is 0 Å². The Morgan fingerprint density at radius 3 is 2.50 bits per heavy atom. The Hall–Kier alpha value is -0.490. The van der Waals surface area contributed by atoms with Gasteiger partial charge in [-0.3, -0.25) is 0 Å². The summed E-state index contributed by atoms with van der Waals surface area (Å²) in [7, 11) is 0.